The third-order valence-electron chi connectivity index (χ3n) is 3.30. The summed E-state index contributed by atoms with van der Waals surface area (Å²) in [4.78, 5) is 17.9. The van der Waals surface area contributed by atoms with Crippen molar-refractivity contribution in [2.75, 3.05) is 10.6 Å². The lowest BCUT2D eigenvalue weighted by Gasteiger charge is -2.28. The standard InChI is InChI=1S/C16H20N4O/c1-11(2)20(10-12-6-4-3-5-7-12)15-8-13(16(18)21)14(17)9-19-15/h3-9,11H,10,17H2,1-2H3,(H2,18,21). The Morgan fingerprint density at radius 3 is 2.52 bits per heavy atom. The molecule has 0 aliphatic heterocycles. The van der Waals surface area contributed by atoms with Gasteiger partial charge in [0.15, 0.2) is 0 Å². The predicted molar refractivity (Wildman–Crippen MR) is 84.9 cm³/mol. The lowest BCUT2D eigenvalue weighted by Crippen LogP contribution is -2.31. The summed E-state index contributed by atoms with van der Waals surface area (Å²) < 4.78 is 0. The van der Waals surface area contributed by atoms with Crippen LogP contribution in [0.4, 0.5) is 11.5 Å². The Balaban J connectivity index is 2.35. The van der Waals surface area contributed by atoms with Crippen LogP contribution in [-0.4, -0.2) is 16.9 Å². The fourth-order valence-corrected chi connectivity index (χ4v) is 2.13. The number of pyridine rings is 1. The fraction of sp³-hybridized carbons (Fsp3) is 0.250. The van der Waals surface area contributed by atoms with Crippen molar-refractivity contribution in [3.8, 4) is 0 Å². The molecule has 2 aromatic rings. The lowest BCUT2D eigenvalue weighted by molar-refractivity contribution is 0.100. The van der Waals surface area contributed by atoms with E-state index in [1.165, 1.54) is 11.8 Å². The SMILES string of the molecule is CC(C)N(Cc1ccccc1)c1cc(C(N)=O)c(N)cn1. The summed E-state index contributed by atoms with van der Waals surface area (Å²) in [6.45, 7) is 4.85. The van der Waals surface area contributed by atoms with Crippen LogP contribution in [0, 0.1) is 0 Å². The molecule has 1 aromatic heterocycles. The lowest BCUT2D eigenvalue weighted by atomic mass is 10.1. The maximum atomic E-state index is 11.4. The van der Waals surface area contributed by atoms with Gasteiger partial charge < -0.3 is 16.4 Å². The van der Waals surface area contributed by atoms with E-state index in [9.17, 15) is 4.79 Å². The first-order valence-electron chi connectivity index (χ1n) is 6.85. The van der Waals surface area contributed by atoms with Crippen LogP contribution in [0.15, 0.2) is 42.6 Å². The van der Waals surface area contributed by atoms with Crippen LogP contribution in [0.2, 0.25) is 0 Å². The molecule has 0 aliphatic carbocycles. The van der Waals surface area contributed by atoms with E-state index in [1.54, 1.807) is 6.07 Å². The van der Waals surface area contributed by atoms with Crippen LogP contribution >= 0.6 is 0 Å². The molecule has 0 fully saturated rings. The molecule has 0 bridgehead atoms. The average Bonchev–Trinajstić information content (AvgIpc) is 2.46. The largest absolute Gasteiger partial charge is 0.397 e. The van der Waals surface area contributed by atoms with E-state index in [0.29, 0.717) is 23.6 Å². The van der Waals surface area contributed by atoms with Gasteiger partial charge in [0, 0.05) is 12.6 Å². The first-order valence-corrected chi connectivity index (χ1v) is 6.85. The summed E-state index contributed by atoms with van der Waals surface area (Å²) in [6, 6.07) is 12.0. The third kappa shape index (κ3) is 3.51. The highest BCUT2D eigenvalue weighted by atomic mass is 16.1. The highest BCUT2D eigenvalue weighted by Crippen LogP contribution is 2.21. The molecule has 0 spiro atoms. The second-order valence-electron chi connectivity index (χ2n) is 5.20. The number of nitrogen functional groups attached to an aromatic ring is 1. The maximum Gasteiger partial charge on any atom is 0.250 e. The minimum absolute atomic E-state index is 0.224. The Labute approximate surface area is 124 Å². The molecular weight excluding hydrogens is 264 g/mol. The van der Waals surface area contributed by atoms with Gasteiger partial charge in [-0.15, -0.1) is 0 Å². The molecule has 21 heavy (non-hydrogen) atoms. The fourth-order valence-electron chi connectivity index (χ4n) is 2.13. The Bertz CT molecular complexity index is 625. The predicted octanol–water partition coefficient (Wildman–Crippen LogP) is 2.18. The summed E-state index contributed by atoms with van der Waals surface area (Å²) in [6.07, 6.45) is 1.48. The quantitative estimate of drug-likeness (QED) is 0.881. The van der Waals surface area contributed by atoms with Gasteiger partial charge in [-0.1, -0.05) is 30.3 Å². The number of amides is 1. The molecule has 2 rings (SSSR count). The van der Waals surface area contributed by atoms with E-state index in [4.69, 9.17) is 11.5 Å². The van der Waals surface area contributed by atoms with Crippen LogP contribution in [-0.2, 0) is 6.54 Å². The average molecular weight is 284 g/mol. The highest BCUT2D eigenvalue weighted by Gasteiger charge is 2.16. The molecule has 5 heteroatoms. The van der Waals surface area contributed by atoms with E-state index >= 15 is 0 Å². The number of nitrogens with zero attached hydrogens (tertiary/aromatic N) is 2. The number of primary amides is 1. The van der Waals surface area contributed by atoms with Crippen molar-refractivity contribution in [1.82, 2.24) is 4.98 Å². The maximum absolute atomic E-state index is 11.4. The van der Waals surface area contributed by atoms with Gasteiger partial charge in [0.1, 0.15) is 5.82 Å². The van der Waals surface area contributed by atoms with Crippen LogP contribution < -0.4 is 16.4 Å². The van der Waals surface area contributed by atoms with Gasteiger partial charge in [-0.05, 0) is 25.5 Å². The molecule has 110 valence electrons. The van der Waals surface area contributed by atoms with E-state index in [0.717, 1.165) is 0 Å². The Hall–Kier alpha value is -2.56. The van der Waals surface area contributed by atoms with Crippen molar-refractivity contribution in [3.63, 3.8) is 0 Å². The van der Waals surface area contributed by atoms with E-state index in [-0.39, 0.29) is 6.04 Å². The van der Waals surface area contributed by atoms with E-state index in [1.807, 2.05) is 18.2 Å². The third-order valence-corrected chi connectivity index (χ3v) is 3.30. The molecule has 5 nitrogen and oxygen atoms in total. The van der Waals surface area contributed by atoms with E-state index in [2.05, 4.69) is 35.9 Å². The molecule has 0 unspecified atom stereocenters. The van der Waals surface area contributed by atoms with Crippen molar-refractivity contribution in [2.24, 2.45) is 5.73 Å². The number of rotatable bonds is 5. The summed E-state index contributed by atoms with van der Waals surface area (Å²) in [5, 5.41) is 0. The van der Waals surface area contributed by atoms with Gasteiger partial charge >= 0.3 is 0 Å². The van der Waals surface area contributed by atoms with E-state index < -0.39 is 5.91 Å². The number of hydrogen-bond acceptors (Lipinski definition) is 4. The minimum atomic E-state index is -0.542. The van der Waals surface area contributed by atoms with Crippen molar-refractivity contribution < 1.29 is 4.79 Å². The number of carbonyl (C=O) groups is 1. The zero-order chi connectivity index (χ0) is 15.4. The molecule has 0 radical (unpaired) electrons. The van der Waals surface area contributed by atoms with Gasteiger partial charge in [-0.3, -0.25) is 4.79 Å². The summed E-state index contributed by atoms with van der Waals surface area (Å²) in [5.74, 6) is 0.149. The van der Waals surface area contributed by atoms with Gasteiger partial charge in [0.25, 0.3) is 5.91 Å². The second kappa shape index (κ2) is 6.26. The van der Waals surface area contributed by atoms with Gasteiger partial charge in [0.2, 0.25) is 0 Å². The van der Waals surface area contributed by atoms with Crippen LogP contribution in [0.1, 0.15) is 29.8 Å². The molecular formula is C16H20N4O. The number of benzene rings is 1. The topological polar surface area (TPSA) is 85.2 Å². The zero-order valence-electron chi connectivity index (χ0n) is 12.3. The molecule has 1 aromatic carbocycles. The molecule has 0 saturated carbocycles. The summed E-state index contributed by atoms with van der Waals surface area (Å²) >= 11 is 0. The Morgan fingerprint density at radius 1 is 1.29 bits per heavy atom. The van der Waals surface area contributed by atoms with Crippen molar-refractivity contribution in [2.45, 2.75) is 26.4 Å². The van der Waals surface area contributed by atoms with Gasteiger partial charge in [-0.2, -0.15) is 0 Å². The minimum Gasteiger partial charge on any atom is -0.397 e. The Kier molecular flexibility index (Phi) is 4.42. The van der Waals surface area contributed by atoms with Crippen molar-refractivity contribution in [3.05, 3.63) is 53.7 Å². The normalized spacial score (nSPS) is 10.6. The first-order chi connectivity index (χ1) is 9.99. The molecule has 0 aliphatic rings. The summed E-state index contributed by atoms with van der Waals surface area (Å²) in [7, 11) is 0. The molecule has 0 saturated heterocycles. The number of anilines is 2. The molecule has 1 amide bonds. The zero-order valence-corrected chi connectivity index (χ0v) is 12.3. The van der Waals surface area contributed by atoms with Gasteiger partial charge in [0.05, 0.1) is 17.4 Å². The van der Waals surface area contributed by atoms with Crippen molar-refractivity contribution in [1.29, 1.82) is 0 Å². The first kappa shape index (κ1) is 14.8. The summed E-state index contributed by atoms with van der Waals surface area (Å²) in [5.41, 5.74) is 12.9. The smallest absolute Gasteiger partial charge is 0.250 e. The second-order valence-corrected chi connectivity index (χ2v) is 5.20. The van der Waals surface area contributed by atoms with Crippen LogP contribution in [0.25, 0.3) is 0 Å². The molecule has 1 heterocycles. The monoisotopic (exact) mass is 284 g/mol. The molecule has 4 N–H and O–H groups in total. The number of hydrogen-bond donors (Lipinski definition) is 2. The van der Waals surface area contributed by atoms with Crippen LogP contribution in [0.3, 0.4) is 0 Å². The highest BCUT2D eigenvalue weighted by molar-refractivity contribution is 5.98. The van der Waals surface area contributed by atoms with Crippen molar-refractivity contribution >= 4 is 17.4 Å². The van der Waals surface area contributed by atoms with Gasteiger partial charge in [-0.25, -0.2) is 4.98 Å². The Morgan fingerprint density at radius 2 is 1.95 bits per heavy atom. The molecule has 0 atom stereocenters. The van der Waals surface area contributed by atoms with Crippen LogP contribution in [0.5, 0.6) is 0 Å². The number of aromatic nitrogens is 1. The number of nitrogens with two attached hydrogens (primary N) is 2. The number of carbonyl (C=O) groups excluding carboxylic acids is 1.